The summed E-state index contributed by atoms with van der Waals surface area (Å²) in [5, 5.41) is 9.78. The molecule has 0 aromatic heterocycles. The molecule has 0 aliphatic rings. The molecule has 0 atom stereocenters. The smallest absolute Gasteiger partial charge is 0.259 e. The van der Waals surface area contributed by atoms with Crippen LogP contribution < -0.4 is 0 Å². The molecule has 0 aliphatic heterocycles. The zero-order valence-corrected chi connectivity index (χ0v) is 6.33. The first-order valence-electron chi connectivity index (χ1n) is 2.54. The van der Waals surface area contributed by atoms with Gasteiger partial charge in [-0.15, -0.1) is 0 Å². The molecule has 0 unspecified atom stereocenters. The lowest BCUT2D eigenvalue weighted by atomic mass is 10.5. The van der Waals surface area contributed by atoms with Crippen molar-refractivity contribution in [3.05, 3.63) is 0 Å². The highest BCUT2D eigenvalue weighted by molar-refractivity contribution is 8.13. The number of nitrogens with zero attached hydrogens (tertiary/aromatic N) is 1. The fourth-order valence-electron chi connectivity index (χ4n) is 0.505. The SMILES string of the molecule is CC/C(SC)=[N+](/C)O. The van der Waals surface area contributed by atoms with Gasteiger partial charge in [-0.2, -0.15) is 0 Å². The Bertz CT molecular complexity index is 90.6. The average molecular weight is 134 g/mol. The van der Waals surface area contributed by atoms with Crippen LogP contribution in [0, 0.1) is 0 Å². The molecular weight excluding hydrogens is 122 g/mol. The molecule has 0 spiro atoms. The van der Waals surface area contributed by atoms with Crippen molar-refractivity contribution >= 4 is 16.8 Å². The van der Waals surface area contributed by atoms with Crippen LogP contribution in [0.3, 0.4) is 0 Å². The first-order chi connectivity index (χ1) is 3.72. The second-order valence-corrected chi connectivity index (χ2v) is 2.35. The maximum absolute atomic E-state index is 8.79. The minimum absolute atomic E-state index is 0.897. The van der Waals surface area contributed by atoms with E-state index in [9.17, 15) is 0 Å². The molecule has 1 N–H and O–H groups in total. The van der Waals surface area contributed by atoms with E-state index < -0.39 is 0 Å². The van der Waals surface area contributed by atoms with Gasteiger partial charge in [-0.05, 0) is 11.0 Å². The van der Waals surface area contributed by atoms with Gasteiger partial charge >= 0.3 is 0 Å². The van der Waals surface area contributed by atoms with Gasteiger partial charge in [-0.3, -0.25) is 5.21 Å². The Morgan fingerprint density at radius 1 is 1.75 bits per heavy atom. The van der Waals surface area contributed by atoms with E-state index in [2.05, 4.69) is 0 Å². The summed E-state index contributed by atoms with van der Waals surface area (Å²) in [6.45, 7) is 2.01. The van der Waals surface area contributed by atoms with Crippen molar-refractivity contribution in [1.29, 1.82) is 0 Å². The summed E-state index contributed by atoms with van der Waals surface area (Å²) in [5.41, 5.74) is 0. The summed E-state index contributed by atoms with van der Waals surface area (Å²) in [4.78, 5) is 0. The second-order valence-electron chi connectivity index (χ2n) is 1.48. The fourth-order valence-corrected chi connectivity index (χ4v) is 1.06. The normalized spacial score (nSPS) is 13.4. The van der Waals surface area contributed by atoms with Gasteiger partial charge < -0.3 is 0 Å². The molecule has 0 bridgehead atoms. The molecule has 0 aromatic carbocycles. The van der Waals surface area contributed by atoms with Crippen molar-refractivity contribution in [2.45, 2.75) is 13.3 Å². The van der Waals surface area contributed by atoms with E-state index in [1.165, 1.54) is 0 Å². The molecule has 0 amide bonds. The average Bonchev–Trinajstić information content (AvgIpc) is 1.69. The Labute approximate surface area is 54.2 Å². The van der Waals surface area contributed by atoms with Crippen molar-refractivity contribution in [3.63, 3.8) is 0 Å². The quantitative estimate of drug-likeness (QED) is 0.191. The van der Waals surface area contributed by atoms with Gasteiger partial charge in [0.1, 0.15) is 0 Å². The van der Waals surface area contributed by atoms with Gasteiger partial charge in [-0.1, -0.05) is 18.7 Å². The Balaban J connectivity index is 3.86. The summed E-state index contributed by atoms with van der Waals surface area (Å²) in [6.07, 6.45) is 2.85. The van der Waals surface area contributed by atoms with E-state index in [0.29, 0.717) is 0 Å². The third kappa shape index (κ3) is 2.21. The molecule has 8 heavy (non-hydrogen) atoms. The van der Waals surface area contributed by atoms with E-state index in [-0.39, 0.29) is 0 Å². The summed E-state index contributed by atoms with van der Waals surface area (Å²) in [6, 6.07) is 0. The van der Waals surface area contributed by atoms with Crippen molar-refractivity contribution in [2.24, 2.45) is 0 Å². The van der Waals surface area contributed by atoms with Crippen molar-refractivity contribution < 1.29 is 9.95 Å². The summed E-state index contributed by atoms with van der Waals surface area (Å²) in [5.74, 6) is 0. The van der Waals surface area contributed by atoms with Crippen molar-refractivity contribution in [3.8, 4) is 0 Å². The minimum atomic E-state index is 0.897. The van der Waals surface area contributed by atoms with Crippen LogP contribution in [-0.4, -0.2) is 28.3 Å². The van der Waals surface area contributed by atoms with Crippen LogP contribution in [-0.2, 0) is 0 Å². The van der Waals surface area contributed by atoms with Gasteiger partial charge in [0.2, 0.25) is 0 Å². The largest absolute Gasteiger partial charge is 0.290 e. The van der Waals surface area contributed by atoms with Gasteiger partial charge in [-0.25, -0.2) is 0 Å². The van der Waals surface area contributed by atoms with Gasteiger partial charge in [0.05, 0.1) is 0 Å². The lowest BCUT2D eigenvalue weighted by Crippen LogP contribution is -2.08. The van der Waals surface area contributed by atoms with E-state index in [1.54, 1.807) is 18.8 Å². The van der Waals surface area contributed by atoms with Gasteiger partial charge in [0.25, 0.3) is 5.04 Å². The number of hydrogen-bond donors (Lipinski definition) is 1. The molecule has 3 heteroatoms. The Morgan fingerprint density at radius 3 is 2.25 bits per heavy atom. The van der Waals surface area contributed by atoms with Crippen LogP contribution in [0.25, 0.3) is 0 Å². The van der Waals surface area contributed by atoms with Crippen LogP contribution in [0.4, 0.5) is 0 Å². The number of hydrogen-bond acceptors (Lipinski definition) is 2. The van der Waals surface area contributed by atoms with E-state index in [4.69, 9.17) is 5.21 Å². The molecule has 0 aliphatic carbocycles. The zero-order valence-electron chi connectivity index (χ0n) is 5.51. The van der Waals surface area contributed by atoms with E-state index >= 15 is 0 Å². The standard InChI is InChI=1S/C5H12NOS/c1-4-5(8-3)6(2)7/h7H,4H2,1-3H3/q+1/b6-5+. The van der Waals surface area contributed by atoms with Gasteiger partial charge in [0, 0.05) is 6.42 Å². The van der Waals surface area contributed by atoms with Crippen LogP contribution in [0.1, 0.15) is 13.3 Å². The molecule has 2 nitrogen and oxygen atoms in total. The number of rotatable bonds is 1. The number of thioether (sulfide) groups is 1. The summed E-state index contributed by atoms with van der Waals surface area (Å²) in [7, 11) is 1.63. The van der Waals surface area contributed by atoms with Crippen LogP contribution in [0.5, 0.6) is 0 Å². The molecule has 0 fully saturated rings. The van der Waals surface area contributed by atoms with Crippen LogP contribution >= 0.6 is 11.8 Å². The predicted molar refractivity (Wildman–Crippen MR) is 36.8 cm³/mol. The highest BCUT2D eigenvalue weighted by Gasteiger charge is 2.03. The lowest BCUT2D eigenvalue weighted by molar-refractivity contribution is -0.753. The molecule has 0 saturated heterocycles. The molecule has 0 rings (SSSR count). The van der Waals surface area contributed by atoms with Crippen LogP contribution in [0.15, 0.2) is 0 Å². The lowest BCUT2D eigenvalue weighted by Gasteiger charge is -1.89. The Hall–Kier alpha value is -0.180. The Kier molecular flexibility index (Phi) is 3.69. The highest BCUT2D eigenvalue weighted by atomic mass is 32.2. The fraction of sp³-hybridized carbons (Fsp3) is 0.800. The Morgan fingerprint density at radius 2 is 2.25 bits per heavy atom. The second kappa shape index (κ2) is 3.78. The molecule has 0 radical (unpaired) electrons. The van der Waals surface area contributed by atoms with E-state index in [1.807, 2.05) is 13.2 Å². The summed E-state index contributed by atoms with van der Waals surface area (Å²) < 4.78 is 1.16. The number of hydroxylamine groups is 1. The van der Waals surface area contributed by atoms with Gasteiger partial charge in [0.15, 0.2) is 7.05 Å². The van der Waals surface area contributed by atoms with E-state index in [0.717, 1.165) is 16.2 Å². The molecule has 0 saturated carbocycles. The highest BCUT2D eigenvalue weighted by Crippen LogP contribution is 1.99. The third-order valence-electron chi connectivity index (χ3n) is 0.899. The summed E-state index contributed by atoms with van der Waals surface area (Å²) >= 11 is 1.57. The first-order valence-corrected chi connectivity index (χ1v) is 3.77. The maximum Gasteiger partial charge on any atom is 0.259 e. The predicted octanol–water partition coefficient (Wildman–Crippen LogP) is 1.19. The molecule has 48 valence electrons. The first kappa shape index (κ1) is 7.82. The molecular formula is C5H12NOS+. The maximum atomic E-state index is 8.79. The minimum Gasteiger partial charge on any atom is -0.290 e. The monoisotopic (exact) mass is 134 g/mol. The molecule has 0 heterocycles. The van der Waals surface area contributed by atoms with Crippen molar-refractivity contribution in [1.82, 2.24) is 0 Å². The molecule has 0 aromatic rings. The third-order valence-corrected chi connectivity index (χ3v) is 1.92. The van der Waals surface area contributed by atoms with Crippen molar-refractivity contribution in [2.75, 3.05) is 13.3 Å². The topological polar surface area (TPSA) is 23.2 Å². The van der Waals surface area contributed by atoms with Crippen LogP contribution in [0.2, 0.25) is 0 Å². The zero-order chi connectivity index (χ0) is 6.57.